The van der Waals surface area contributed by atoms with Crippen LogP contribution in [0.15, 0.2) is 48.8 Å². The Morgan fingerprint density at radius 2 is 2.03 bits per heavy atom. The number of fused-ring (bicyclic) bond motifs is 1. The monoisotopic (exact) mass is 503 g/mol. The van der Waals surface area contributed by atoms with Crippen molar-refractivity contribution in [3.63, 3.8) is 0 Å². The highest BCUT2D eigenvalue weighted by Gasteiger charge is 2.16. The number of carboxylic acids is 1. The first kappa shape index (κ1) is 25.4. The second-order valence-corrected chi connectivity index (χ2v) is 8.26. The molecule has 0 aliphatic carbocycles. The minimum absolute atomic E-state index is 0.138. The van der Waals surface area contributed by atoms with Crippen LogP contribution in [-0.4, -0.2) is 45.9 Å². The number of halogens is 1. The van der Waals surface area contributed by atoms with E-state index in [1.54, 1.807) is 34.9 Å². The third-order valence-electron chi connectivity index (χ3n) is 5.78. The van der Waals surface area contributed by atoms with Crippen LogP contribution in [0.1, 0.15) is 24.6 Å². The number of aromatic nitrogens is 3. The summed E-state index contributed by atoms with van der Waals surface area (Å²) >= 11 is 0. The van der Waals surface area contributed by atoms with E-state index in [0.717, 1.165) is 12.0 Å². The number of carboxylic acid groups (broad SMARTS) is 1. The van der Waals surface area contributed by atoms with Gasteiger partial charge in [0, 0.05) is 35.7 Å². The van der Waals surface area contributed by atoms with Gasteiger partial charge in [0.15, 0.2) is 0 Å². The van der Waals surface area contributed by atoms with E-state index < -0.39 is 11.8 Å². The second kappa shape index (κ2) is 11.4. The fourth-order valence-corrected chi connectivity index (χ4v) is 4.09. The quantitative estimate of drug-likeness (QED) is 0.303. The number of ether oxygens (including phenoxy) is 2. The molecule has 0 bridgehead atoms. The van der Waals surface area contributed by atoms with Crippen LogP contribution in [0.5, 0.6) is 11.5 Å². The summed E-state index contributed by atoms with van der Waals surface area (Å²) in [6.07, 6.45) is 2.08. The summed E-state index contributed by atoms with van der Waals surface area (Å²) in [7, 11) is 1.50. The van der Waals surface area contributed by atoms with E-state index in [1.807, 2.05) is 6.92 Å². The third kappa shape index (κ3) is 5.62. The molecule has 0 radical (unpaired) electrons. The number of benzene rings is 2. The number of carbonyl (C=O) groups is 1. The molecule has 0 spiro atoms. The highest BCUT2D eigenvalue weighted by molar-refractivity contribution is 5.88. The largest absolute Gasteiger partial charge is 0.496 e. The number of methoxy groups -OCH3 is 1. The first-order valence-corrected chi connectivity index (χ1v) is 11.7. The number of aliphatic carboxylic acids is 1. The van der Waals surface area contributed by atoms with Crippen molar-refractivity contribution in [1.29, 1.82) is 5.26 Å². The van der Waals surface area contributed by atoms with E-state index in [1.165, 1.54) is 25.6 Å². The zero-order valence-corrected chi connectivity index (χ0v) is 20.5. The van der Waals surface area contributed by atoms with Crippen molar-refractivity contribution in [3.05, 3.63) is 65.9 Å². The summed E-state index contributed by atoms with van der Waals surface area (Å²) in [4.78, 5) is 19.8. The molecular formula is C27H26FN5O4. The normalized spacial score (nSPS) is 10.8. The highest BCUT2D eigenvalue weighted by Crippen LogP contribution is 2.31. The molecule has 2 N–H and O–H groups in total. The summed E-state index contributed by atoms with van der Waals surface area (Å²) in [6, 6.07) is 13.7. The summed E-state index contributed by atoms with van der Waals surface area (Å²) in [5.74, 6) is 0.182. The lowest BCUT2D eigenvalue weighted by atomic mass is 10.1. The SMILES string of the molecule is CCCOc1cc(-c2cc(NCCn3c(C#N)cc4c(OC)ccc(F)c43)ncn2)ccc1CC(=O)O. The fraction of sp³-hybridized carbons (Fsp3) is 0.259. The van der Waals surface area contributed by atoms with Crippen LogP contribution in [0, 0.1) is 17.1 Å². The molecule has 9 nitrogen and oxygen atoms in total. The predicted molar refractivity (Wildman–Crippen MR) is 136 cm³/mol. The van der Waals surface area contributed by atoms with Gasteiger partial charge in [-0.25, -0.2) is 14.4 Å². The number of hydrogen-bond acceptors (Lipinski definition) is 7. The molecule has 0 fully saturated rings. The molecular weight excluding hydrogens is 477 g/mol. The molecule has 37 heavy (non-hydrogen) atoms. The molecule has 0 aliphatic rings. The second-order valence-electron chi connectivity index (χ2n) is 8.26. The number of hydrogen-bond donors (Lipinski definition) is 2. The number of anilines is 1. The van der Waals surface area contributed by atoms with Gasteiger partial charge < -0.3 is 24.5 Å². The maximum atomic E-state index is 14.6. The molecule has 0 saturated heterocycles. The van der Waals surface area contributed by atoms with Gasteiger partial charge in [0.1, 0.15) is 41.2 Å². The van der Waals surface area contributed by atoms with Crippen molar-refractivity contribution < 1.29 is 23.8 Å². The minimum atomic E-state index is -0.934. The lowest BCUT2D eigenvalue weighted by Gasteiger charge is -2.13. The van der Waals surface area contributed by atoms with Crippen molar-refractivity contribution in [2.24, 2.45) is 0 Å². The van der Waals surface area contributed by atoms with Gasteiger partial charge in [-0.05, 0) is 30.7 Å². The summed E-state index contributed by atoms with van der Waals surface area (Å²) in [5, 5.41) is 22.5. The Balaban J connectivity index is 1.54. The zero-order chi connectivity index (χ0) is 26.4. The maximum absolute atomic E-state index is 14.6. The minimum Gasteiger partial charge on any atom is -0.496 e. The third-order valence-corrected chi connectivity index (χ3v) is 5.78. The average molecular weight is 504 g/mol. The average Bonchev–Trinajstić information content (AvgIpc) is 3.27. The molecule has 4 rings (SSSR count). The Kier molecular flexibility index (Phi) is 7.83. The van der Waals surface area contributed by atoms with Crippen LogP contribution < -0.4 is 14.8 Å². The topological polar surface area (TPSA) is 122 Å². The molecule has 10 heteroatoms. The van der Waals surface area contributed by atoms with E-state index in [-0.39, 0.29) is 6.42 Å². The molecule has 2 aromatic heterocycles. The highest BCUT2D eigenvalue weighted by atomic mass is 19.1. The van der Waals surface area contributed by atoms with E-state index in [2.05, 4.69) is 21.4 Å². The van der Waals surface area contributed by atoms with Crippen molar-refractivity contribution in [3.8, 4) is 28.8 Å². The Morgan fingerprint density at radius 3 is 2.76 bits per heavy atom. The Bertz CT molecular complexity index is 1480. The van der Waals surface area contributed by atoms with E-state index in [4.69, 9.17) is 9.47 Å². The van der Waals surface area contributed by atoms with Gasteiger partial charge in [-0.1, -0.05) is 19.1 Å². The van der Waals surface area contributed by atoms with Crippen molar-refractivity contribution in [2.75, 3.05) is 25.6 Å². The Morgan fingerprint density at radius 1 is 1.19 bits per heavy atom. The van der Waals surface area contributed by atoms with Crippen molar-refractivity contribution in [1.82, 2.24) is 14.5 Å². The Labute approximate surface area is 213 Å². The van der Waals surface area contributed by atoms with Gasteiger partial charge in [0.25, 0.3) is 0 Å². The number of nitrogens with zero attached hydrogens (tertiary/aromatic N) is 4. The first-order valence-electron chi connectivity index (χ1n) is 11.7. The van der Waals surface area contributed by atoms with Crippen molar-refractivity contribution in [2.45, 2.75) is 26.3 Å². The van der Waals surface area contributed by atoms with Crippen LogP contribution >= 0.6 is 0 Å². The van der Waals surface area contributed by atoms with E-state index >= 15 is 0 Å². The van der Waals surface area contributed by atoms with Crippen LogP contribution in [0.4, 0.5) is 10.2 Å². The van der Waals surface area contributed by atoms with Crippen LogP contribution in [-0.2, 0) is 17.8 Å². The van der Waals surface area contributed by atoms with E-state index in [9.17, 15) is 19.6 Å². The van der Waals surface area contributed by atoms with Gasteiger partial charge in [0.2, 0.25) is 0 Å². The molecule has 190 valence electrons. The smallest absolute Gasteiger partial charge is 0.307 e. The lowest BCUT2D eigenvalue weighted by Crippen LogP contribution is -2.13. The molecule has 2 heterocycles. The van der Waals surface area contributed by atoms with Gasteiger partial charge in [-0.15, -0.1) is 0 Å². The molecule has 0 saturated carbocycles. The zero-order valence-electron chi connectivity index (χ0n) is 20.5. The summed E-state index contributed by atoms with van der Waals surface area (Å²) < 4.78 is 27.4. The van der Waals surface area contributed by atoms with Crippen LogP contribution in [0.2, 0.25) is 0 Å². The standard InChI is InChI=1S/C27H26FN5O4/c1-3-10-37-24-11-17(4-5-18(24)12-26(34)35)22-14-25(32-16-31-22)30-8-9-33-19(15-29)13-20-23(36-2)7-6-21(28)27(20)33/h4-7,11,13-14,16H,3,8-10,12H2,1-2H3,(H,34,35)(H,30,31,32). The van der Waals surface area contributed by atoms with Gasteiger partial charge >= 0.3 is 5.97 Å². The van der Waals surface area contributed by atoms with E-state index in [0.29, 0.717) is 64.9 Å². The molecule has 0 amide bonds. The number of nitrogens with one attached hydrogen (secondary N) is 1. The number of nitriles is 1. The predicted octanol–water partition coefficient (Wildman–Crippen LogP) is 4.65. The van der Waals surface area contributed by atoms with Gasteiger partial charge in [-0.2, -0.15) is 5.26 Å². The summed E-state index contributed by atoms with van der Waals surface area (Å²) in [6.45, 7) is 3.13. The van der Waals surface area contributed by atoms with Gasteiger partial charge in [0.05, 0.1) is 31.3 Å². The van der Waals surface area contributed by atoms with Crippen LogP contribution in [0.25, 0.3) is 22.2 Å². The molecule has 0 atom stereocenters. The fourth-order valence-electron chi connectivity index (χ4n) is 4.09. The molecule has 0 unspecified atom stereocenters. The lowest BCUT2D eigenvalue weighted by molar-refractivity contribution is -0.136. The van der Waals surface area contributed by atoms with Crippen molar-refractivity contribution >= 4 is 22.7 Å². The number of rotatable bonds is 11. The van der Waals surface area contributed by atoms with Gasteiger partial charge in [-0.3, -0.25) is 4.79 Å². The Hall–Kier alpha value is -4.65. The first-order chi connectivity index (χ1) is 17.9. The summed E-state index contributed by atoms with van der Waals surface area (Å²) in [5.41, 5.74) is 2.60. The maximum Gasteiger partial charge on any atom is 0.307 e. The molecule has 4 aromatic rings. The van der Waals surface area contributed by atoms with Crippen LogP contribution in [0.3, 0.4) is 0 Å². The molecule has 2 aromatic carbocycles. The molecule has 0 aliphatic heterocycles.